The molecule has 1 aliphatic heterocycles. The van der Waals surface area contributed by atoms with Gasteiger partial charge in [-0.1, -0.05) is 24.3 Å². The Bertz CT molecular complexity index is 1430. The van der Waals surface area contributed by atoms with Gasteiger partial charge in [0, 0.05) is 53.9 Å². The van der Waals surface area contributed by atoms with Crippen LogP contribution in [0.2, 0.25) is 0 Å². The zero-order valence-corrected chi connectivity index (χ0v) is 18.5. The van der Waals surface area contributed by atoms with E-state index >= 15 is 0 Å². The molecule has 2 N–H and O–H groups in total. The number of aromatic amines is 1. The van der Waals surface area contributed by atoms with Crippen LogP contribution in [0.1, 0.15) is 0 Å². The molecule has 2 aromatic heterocycles. The van der Waals surface area contributed by atoms with E-state index in [9.17, 15) is 0 Å². The van der Waals surface area contributed by atoms with E-state index in [1.165, 1.54) is 5.69 Å². The first kappa shape index (κ1) is 19.7. The number of hydrogen-bond acceptors (Lipinski definition) is 6. The summed E-state index contributed by atoms with van der Waals surface area (Å²) in [6, 6.07) is 22.8. The lowest BCUT2D eigenvalue weighted by atomic mass is 10.1. The number of para-hydroxylation sites is 1. The van der Waals surface area contributed by atoms with E-state index in [1.807, 2.05) is 36.5 Å². The maximum absolute atomic E-state index is 4.96. The number of nitrogens with zero attached hydrogens (tertiary/aromatic N) is 5. The number of nitrogens with one attached hydrogen (secondary N) is 2. The van der Waals surface area contributed by atoms with Gasteiger partial charge in [-0.25, -0.2) is 9.97 Å². The van der Waals surface area contributed by atoms with Gasteiger partial charge in [-0.3, -0.25) is 5.10 Å². The predicted octanol–water partition coefficient (Wildman–Crippen LogP) is 4.67. The highest BCUT2D eigenvalue weighted by molar-refractivity contribution is 5.93. The first-order valence-corrected chi connectivity index (χ1v) is 11.2. The molecule has 0 amide bonds. The average molecular weight is 436 g/mol. The Kier molecular flexibility index (Phi) is 4.88. The third-order valence-electron chi connectivity index (χ3n) is 6.28. The topological polar surface area (TPSA) is 73.0 Å². The molecule has 33 heavy (non-hydrogen) atoms. The van der Waals surface area contributed by atoms with E-state index in [2.05, 4.69) is 68.8 Å². The quantitative estimate of drug-likeness (QED) is 0.427. The lowest BCUT2D eigenvalue weighted by Gasteiger charge is -2.34. The molecule has 0 bridgehead atoms. The molecule has 0 radical (unpaired) electrons. The van der Waals surface area contributed by atoms with Gasteiger partial charge in [0.15, 0.2) is 5.82 Å². The van der Waals surface area contributed by atoms with Crippen molar-refractivity contribution in [3.8, 4) is 11.4 Å². The van der Waals surface area contributed by atoms with Crippen LogP contribution in [0.15, 0.2) is 72.9 Å². The summed E-state index contributed by atoms with van der Waals surface area (Å²) in [4.78, 5) is 14.7. The third-order valence-corrected chi connectivity index (χ3v) is 6.28. The maximum atomic E-state index is 4.96. The summed E-state index contributed by atoms with van der Waals surface area (Å²) >= 11 is 0. The lowest BCUT2D eigenvalue weighted by Crippen LogP contribution is -2.44. The molecule has 3 heterocycles. The van der Waals surface area contributed by atoms with Gasteiger partial charge in [-0.2, -0.15) is 5.10 Å². The number of aromatic nitrogens is 4. The summed E-state index contributed by atoms with van der Waals surface area (Å²) in [5, 5.41) is 12.7. The normalized spacial score (nSPS) is 14.8. The highest BCUT2D eigenvalue weighted by Gasteiger charge is 2.16. The third kappa shape index (κ3) is 3.87. The second kappa shape index (κ2) is 8.18. The Hall–Kier alpha value is -3.97. The summed E-state index contributed by atoms with van der Waals surface area (Å²) in [7, 11) is 2.18. The van der Waals surface area contributed by atoms with Crippen LogP contribution in [0.4, 0.5) is 17.2 Å². The van der Waals surface area contributed by atoms with Crippen LogP contribution in [0.25, 0.3) is 33.2 Å². The minimum absolute atomic E-state index is 0.719. The number of benzene rings is 3. The Morgan fingerprint density at radius 2 is 1.76 bits per heavy atom. The fourth-order valence-corrected chi connectivity index (χ4v) is 4.36. The standard InChI is InChI=1S/C26H25N7/c1-32-11-13-33(14-12-32)21-6-4-5-18(16-21)25-29-24-8-3-2-7-22(24)26(30-25)28-20-9-10-23-19(15-20)17-27-31-23/h2-10,15-17H,11-14H2,1H3,(H,27,31)(H,28,29,30). The molecule has 0 spiro atoms. The van der Waals surface area contributed by atoms with Gasteiger partial charge in [-0.05, 0) is 49.5 Å². The zero-order valence-electron chi connectivity index (χ0n) is 18.5. The molecule has 0 saturated carbocycles. The van der Waals surface area contributed by atoms with Crippen LogP contribution in [0.5, 0.6) is 0 Å². The van der Waals surface area contributed by atoms with Crippen molar-refractivity contribution in [2.75, 3.05) is 43.4 Å². The van der Waals surface area contributed by atoms with Crippen molar-refractivity contribution in [3.05, 3.63) is 72.9 Å². The molecule has 1 fully saturated rings. The van der Waals surface area contributed by atoms with Crippen LogP contribution in [0.3, 0.4) is 0 Å². The fraction of sp³-hybridized carbons (Fsp3) is 0.192. The molecule has 3 aromatic carbocycles. The minimum Gasteiger partial charge on any atom is -0.369 e. The highest BCUT2D eigenvalue weighted by atomic mass is 15.2. The van der Waals surface area contributed by atoms with Crippen molar-refractivity contribution in [1.82, 2.24) is 25.1 Å². The molecular formula is C26H25N7. The zero-order chi connectivity index (χ0) is 22.2. The molecule has 5 aromatic rings. The lowest BCUT2D eigenvalue weighted by molar-refractivity contribution is 0.313. The molecule has 164 valence electrons. The Balaban J connectivity index is 1.39. The van der Waals surface area contributed by atoms with E-state index in [4.69, 9.17) is 9.97 Å². The van der Waals surface area contributed by atoms with Crippen molar-refractivity contribution in [1.29, 1.82) is 0 Å². The van der Waals surface area contributed by atoms with Gasteiger partial charge in [0.05, 0.1) is 17.2 Å². The number of hydrogen-bond donors (Lipinski definition) is 2. The molecule has 1 saturated heterocycles. The number of anilines is 3. The minimum atomic E-state index is 0.719. The summed E-state index contributed by atoms with van der Waals surface area (Å²) < 4.78 is 0. The molecule has 0 atom stereocenters. The van der Waals surface area contributed by atoms with E-state index in [1.54, 1.807) is 0 Å². The van der Waals surface area contributed by atoms with Crippen LogP contribution in [0, 0.1) is 0 Å². The summed E-state index contributed by atoms with van der Waals surface area (Å²) in [5.74, 6) is 1.51. The first-order chi connectivity index (χ1) is 16.2. The summed E-state index contributed by atoms with van der Waals surface area (Å²) in [5.41, 5.74) is 5.13. The van der Waals surface area contributed by atoms with Gasteiger partial charge in [0.25, 0.3) is 0 Å². The summed E-state index contributed by atoms with van der Waals surface area (Å²) in [6.07, 6.45) is 1.83. The van der Waals surface area contributed by atoms with Crippen LogP contribution >= 0.6 is 0 Å². The molecule has 0 unspecified atom stereocenters. The number of likely N-dealkylation sites (N-methyl/N-ethyl adjacent to an activating group) is 1. The summed E-state index contributed by atoms with van der Waals surface area (Å²) in [6.45, 7) is 4.21. The van der Waals surface area contributed by atoms with Crippen LogP contribution in [-0.4, -0.2) is 58.3 Å². The van der Waals surface area contributed by atoms with Gasteiger partial charge in [0.2, 0.25) is 0 Å². The number of rotatable bonds is 4. The molecule has 7 nitrogen and oxygen atoms in total. The molecule has 7 heteroatoms. The van der Waals surface area contributed by atoms with Crippen molar-refractivity contribution in [3.63, 3.8) is 0 Å². The monoisotopic (exact) mass is 435 g/mol. The smallest absolute Gasteiger partial charge is 0.162 e. The fourth-order valence-electron chi connectivity index (χ4n) is 4.36. The number of piperazine rings is 1. The van der Waals surface area contributed by atoms with Crippen LogP contribution in [-0.2, 0) is 0 Å². The van der Waals surface area contributed by atoms with E-state index in [-0.39, 0.29) is 0 Å². The first-order valence-electron chi connectivity index (χ1n) is 11.2. The number of fused-ring (bicyclic) bond motifs is 2. The average Bonchev–Trinajstić information content (AvgIpc) is 3.32. The Labute approximate surface area is 192 Å². The van der Waals surface area contributed by atoms with Crippen molar-refractivity contribution < 1.29 is 0 Å². The highest BCUT2D eigenvalue weighted by Crippen LogP contribution is 2.30. The van der Waals surface area contributed by atoms with E-state index in [0.29, 0.717) is 0 Å². The Morgan fingerprint density at radius 1 is 0.879 bits per heavy atom. The van der Waals surface area contributed by atoms with Gasteiger partial charge in [0.1, 0.15) is 5.82 Å². The SMILES string of the molecule is CN1CCN(c2cccc(-c3nc(Nc4ccc5[nH]ncc5c4)c4ccccc4n3)c2)CC1. The van der Waals surface area contributed by atoms with Gasteiger partial charge in [-0.15, -0.1) is 0 Å². The van der Waals surface area contributed by atoms with Gasteiger partial charge < -0.3 is 15.1 Å². The van der Waals surface area contributed by atoms with Crippen molar-refractivity contribution in [2.24, 2.45) is 0 Å². The second-order valence-corrected chi connectivity index (χ2v) is 8.55. The molecule has 1 aliphatic rings. The van der Waals surface area contributed by atoms with E-state index < -0.39 is 0 Å². The van der Waals surface area contributed by atoms with Gasteiger partial charge >= 0.3 is 0 Å². The largest absolute Gasteiger partial charge is 0.369 e. The van der Waals surface area contributed by atoms with Crippen LogP contribution < -0.4 is 10.2 Å². The number of H-pyrrole nitrogens is 1. The molecule has 6 rings (SSSR count). The van der Waals surface area contributed by atoms with Crippen molar-refractivity contribution in [2.45, 2.75) is 0 Å². The molecular weight excluding hydrogens is 410 g/mol. The molecule has 0 aliphatic carbocycles. The Morgan fingerprint density at radius 3 is 2.67 bits per heavy atom. The second-order valence-electron chi connectivity index (χ2n) is 8.55. The predicted molar refractivity (Wildman–Crippen MR) is 134 cm³/mol. The van der Waals surface area contributed by atoms with Crippen molar-refractivity contribution >= 4 is 39.0 Å². The van der Waals surface area contributed by atoms with E-state index in [0.717, 1.165) is 70.9 Å². The maximum Gasteiger partial charge on any atom is 0.162 e.